The summed E-state index contributed by atoms with van der Waals surface area (Å²) < 4.78 is 0. The number of benzene rings is 2. The van der Waals surface area contributed by atoms with E-state index in [9.17, 15) is 0 Å². The molecule has 23 heavy (non-hydrogen) atoms. The molecule has 0 fully saturated rings. The Morgan fingerprint density at radius 3 is 2.30 bits per heavy atom. The molecule has 0 amide bonds. The zero-order valence-electron chi connectivity index (χ0n) is 14.3. The molecule has 2 aromatic carbocycles. The van der Waals surface area contributed by atoms with Gasteiger partial charge < -0.3 is 0 Å². The zero-order chi connectivity index (χ0) is 16.0. The predicted molar refractivity (Wildman–Crippen MR) is 98.8 cm³/mol. The van der Waals surface area contributed by atoms with Crippen LogP contribution in [0.25, 0.3) is 0 Å². The quantitative estimate of drug-likeness (QED) is 0.677. The number of aryl methyl sites for hydroxylation is 3. The van der Waals surface area contributed by atoms with E-state index in [1.165, 1.54) is 67.2 Å². The minimum absolute atomic E-state index is 0.980. The van der Waals surface area contributed by atoms with E-state index in [2.05, 4.69) is 32.0 Å². The van der Waals surface area contributed by atoms with Crippen LogP contribution in [0.1, 0.15) is 57.3 Å². The first kappa shape index (κ1) is 15.3. The van der Waals surface area contributed by atoms with Gasteiger partial charge in [-0.15, -0.1) is 0 Å². The summed E-state index contributed by atoms with van der Waals surface area (Å²) in [6, 6.07) is 6.80. The highest BCUT2D eigenvalue weighted by molar-refractivity contribution is 6.31. The van der Waals surface area contributed by atoms with E-state index >= 15 is 0 Å². The second-order valence-electron chi connectivity index (χ2n) is 7.32. The third-order valence-corrected chi connectivity index (χ3v) is 6.29. The smallest absolute Gasteiger partial charge is 0.0440 e. The molecule has 0 spiro atoms. The Hall–Kier alpha value is -1.27. The van der Waals surface area contributed by atoms with Crippen molar-refractivity contribution in [2.45, 2.75) is 65.2 Å². The molecule has 0 saturated carbocycles. The van der Waals surface area contributed by atoms with Gasteiger partial charge in [0.2, 0.25) is 0 Å². The maximum Gasteiger partial charge on any atom is 0.0440 e. The van der Waals surface area contributed by atoms with Crippen LogP contribution in [-0.2, 0) is 38.5 Å². The van der Waals surface area contributed by atoms with E-state index in [0.29, 0.717) is 0 Å². The lowest BCUT2D eigenvalue weighted by Crippen LogP contribution is -2.03. The van der Waals surface area contributed by atoms with E-state index in [4.69, 9.17) is 11.6 Å². The van der Waals surface area contributed by atoms with Crippen LogP contribution in [0.3, 0.4) is 0 Å². The highest BCUT2D eigenvalue weighted by Crippen LogP contribution is 2.34. The maximum absolute atomic E-state index is 6.38. The summed E-state index contributed by atoms with van der Waals surface area (Å²) in [6.07, 6.45) is 9.90. The van der Waals surface area contributed by atoms with Gasteiger partial charge in [0.25, 0.3) is 0 Å². The van der Waals surface area contributed by atoms with Crippen LogP contribution >= 0.6 is 11.6 Å². The molecule has 0 nitrogen and oxygen atoms in total. The standard InChI is InChI=1S/C22H25Cl/c1-14-13-15(2)18(20-7-3-5-17(14)20)11-9-16-10-12-22(23)21-8-4-6-19(16)21/h10,12-13H,3-9,11H2,1-2H3. The van der Waals surface area contributed by atoms with Crippen molar-refractivity contribution in [3.05, 3.63) is 67.7 Å². The number of hydrogen-bond donors (Lipinski definition) is 0. The predicted octanol–water partition coefficient (Wildman–Crippen LogP) is 5.72. The van der Waals surface area contributed by atoms with Crippen LogP contribution < -0.4 is 0 Å². The number of fused-ring (bicyclic) bond motifs is 2. The molecule has 2 aliphatic carbocycles. The summed E-state index contributed by atoms with van der Waals surface area (Å²) in [5.41, 5.74) is 12.5. The molecule has 2 aliphatic rings. The van der Waals surface area contributed by atoms with Crippen LogP contribution in [0.4, 0.5) is 0 Å². The van der Waals surface area contributed by atoms with Gasteiger partial charge in [0, 0.05) is 5.02 Å². The second kappa shape index (κ2) is 5.98. The minimum Gasteiger partial charge on any atom is -0.0840 e. The van der Waals surface area contributed by atoms with Gasteiger partial charge in [0.1, 0.15) is 0 Å². The molecular formula is C22H25Cl. The molecule has 4 rings (SSSR count). The Bertz CT molecular complexity index is 770. The third-order valence-electron chi connectivity index (χ3n) is 5.94. The third kappa shape index (κ3) is 2.62. The monoisotopic (exact) mass is 324 g/mol. The van der Waals surface area contributed by atoms with Crippen LogP contribution in [-0.4, -0.2) is 0 Å². The number of rotatable bonds is 3. The van der Waals surface area contributed by atoms with Gasteiger partial charge in [-0.2, -0.15) is 0 Å². The lowest BCUT2D eigenvalue weighted by atomic mass is 9.89. The van der Waals surface area contributed by atoms with Gasteiger partial charge >= 0.3 is 0 Å². The molecule has 120 valence electrons. The molecule has 0 aromatic heterocycles. The van der Waals surface area contributed by atoms with Gasteiger partial charge in [-0.05, 0) is 116 Å². The molecule has 2 aromatic rings. The van der Waals surface area contributed by atoms with Crippen LogP contribution in [0.2, 0.25) is 5.02 Å². The minimum atomic E-state index is 0.980. The summed E-state index contributed by atoms with van der Waals surface area (Å²) in [6.45, 7) is 4.58. The van der Waals surface area contributed by atoms with Gasteiger partial charge in [0.05, 0.1) is 0 Å². The largest absolute Gasteiger partial charge is 0.0840 e. The molecule has 0 aliphatic heterocycles. The van der Waals surface area contributed by atoms with Crippen molar-refractivity contribution in [3.8, 4) is 0 Å². The number of halogens is 1. The van der Waals surface area contributed by atoms with E-state index in [1.807, 2.05) is 0 Å². The Balaban J connectivity index is 1.64. The Labute approximate surface area is 144 Å². The fourth-order valence-electron chi connectivity index (χ4n) is 4.83. The molecule has 0 radical (unpaired) electrons. The first-order chi connectivity index (χ1) is 11.1. The molecule has 1 heteroatoms. The van der Waals surface area contributed by atoms with Crippen LogP contribution in [0.5, 0.6) is 0 Å². The molecule has 0 heterocycles. The molecule has 0 bridgehead atoms. The van der Waals surface area contributed by atoms with Crippen molar-refractivity contribution in [3.63, 3.8) is 0 Å². The zero-order valence-corrected chi connectivity index (χ0v) is 15.0. The summed E-state index contributed by atoms with van der Waals surface area (Å²) in [5, 5.41) is 0.980. The van der Waals surface area contributed by atoms with Crippen molar-refractivity contribution in [1.29, 1.82) is 0 Å². The summed E-state index contributed by atoms with van der Waals surface area (Å²) in [4.78, 5) is 0. The summed E-state index contributed by atoms with van der Waals surface area (Å²) >= 11 is 6.38. The van der Waals surface area contributed by atoms with Crippen molar-refractivity contribution in [2.75, 3.05) is 0 Å². The van der Waals surface area contributed by atoms with E-state index in [-0.39, 0.29) is 0 Å². The second-order valence-corrected chi connectivity index (χ2v) is 7.72. The highest BCUT2D eigenvalue weighted by atomic mass is 35.5. The van der Waals surface area contributed by atoms with Crippen LogP contribution in [0.15, 0.2) is 18.2 Å². The van der Waals surface area contributed by atoms with E-state index in [1.54, 1.807) is 22.3 Å². The molecule has 0 N–H and O–H groups in total. The van der Waals surface area contributed by atoms with Gasteiger partial charge in [0.15, 0.2) is 0 Å². The summed E-state index contributed by atoms with van der Waals surface area (Å²) in [7, 11) is 0. The molecule has 0 saturated heterocycles. The normalized spacial score (nSPS) is 15.8. The first-order valence-electron chi connectivity index (χ1n) is 9.05. The Morgan fingerprint density at radius 2 is 1.48 bits per heavy atom. The van der Waals surface area contributed by atoms with E-state index < -0.39 is 0 Å². The lowest BCUT2D eigenvalue weighted by Gasteiger charge is -2.16. The average molecular weight is 325 g/mol. The Morgan fingerprint density at radius 1 is 0.783 bits per heavy atom. The van der Waals surface area contributed by atoms with Gasteiger partial charge in [-0.25, -0.2) is 0 Å². The first-order valence-corrected chi connectivity index (χ1v) is 9.43. The summed E-state index contributed by atoms with van der Waals surface area (Å²) in [5.74, 6) is 0. The van der Waals surface area contributed by atoms with Crippen molar-refractivity contribution >= 4 is 11.6 Å². The topological polar surface area (TPSA) is 0 Å². The van der Waals surface area contributed by atoms with Crippen molar-refractivity contribution in [2.24, 2.45) is 0 Å². The molecular weight excluding hydrogens is 300 g/mol. The van der Waals surface area contributed by atoms with Gasteiger partial charge in [-0.3, -0.25) is 0 Å². The number of hydrogen-bond acceptors (Lipinski definition) is 0. The van der Waals surface area contributed by atoms with Crippen molar-refractivity contribution in [1.82, 2.24) is 0 Å². The SMILES string of the molecule is Cc1cc(C)c(CCc2ccc(Cl)c3c2CCC3)c2c1CCC2. The Kier molecular flexibility index (Phi) is 3.97. The fraction of sp³-hybridized carbons (Fsp3) is 0.455. The lowest BCUT2D eigenvalue weighted by molar-refractivity contribution is 0.875. The molecule has 0 atom stereocenters. The van der Waals surface area contributed by atoms with Gasteiger partial charge in [-0.1, -0.05) is 23.7 Å². The molecule has 0 unspecified atom stereocenters. The fourth-order valence-corrected chi connectivity index (χ4v) is 5.10. The van der Waals surface area contributed by atoms with Crippen molar-refractivity contribution < 1.29 is 0 Å². The van der Waals surface area contributed by atoms with E-state index in [0.717, 1.165) is 11.4 Å². The average Bonchev–Trinajstić information content (AvgIpc) is 3.18. The van der Waals surface area contributed by atoms with Crippen LogP contribution in [0, 0.1) is 13.8 Å². The highest BCUT2D eigenvalue weighted by Gasteiger charge is 2.21. The maximum atomic E-state index is 6.38.